The fourth-order valence-electron chi connectivity index (χ4n) is 6.07. The fourth-order valence-corrected chi connectivity index (χ4v) is 6.07. The van der Waals surface area contributed by atoms with Crippen LogP contribution in [0, 0.1) is 0 Å². The predicted molar refractivity (Wildman–Crippen MR) is 244 cm³/mol. The number of hydrogen-bond acceptors (Lipinski definition) is 11. The first-order valence-electron chi connectivity index (χ1n) is 21.3. The lowest BCUT2D eigenvalue weighted by Crippen LogP contribution is -2.11. The molecule has 0 radical (unpaired) electrons. The molecular formula is C52H51N3O8. The molecule has 11 heteroatoms. The Morgan fingerprint density at radius 3 is 1.30 bits per heavy atom. The van der Waals surface area contributed by atoms with E-state index >= 15 is 0 Å². The van der Waals surface area contributed by atoms with Crippen LogP contribution in [-0.4, -0.2) is 37.3 Å². The van der Waals surface area contributed by atoms with Crippen molar-refractivity contribution in [3.05, 3.63) is 168 Å². The zero-order chi connectivity index (χ0) is 44.1. The van der Waals surface area contributed by atoms with Gasteiger partial charge in [-0.1, -0.05) is 70.6 Å². The van der Waals surface area contributed by atoms with Crippen molar-refractivity contribution in [2.24, 2.45) is 15.2 Å². The minimum Gasteiger partial charge on any atom is -0.494 e. The second-order valence-corrected chi connectivity index (χ2v) is 14.6. The summed E-state index contributed by atoms with van der Waals surface area (Å²) in [6.45, 7) is 5.70. The van der Waals surface area contributed by atoms with E-state index in [1.54, 1.807) is 72.9 Å². The van der Waals surface area contributed by atoms with Gasteiger partial charge in [-0.15, -0.1) is 0 Å². The molecule has 0 aromatic heterocycles. The predicted octanol–water partition coefficient (Wildman–Crippen LogP) is 13.4. The molecule has 0 amide bonds. The number of benzene rings is 6. The van der Waals surface area contributed by atoms with Crippen LogP contribution < -0.4 is 23.7 Å². The first-order chi connectivity index (χ1) is 30.8. The van der Waals surface area contributed by atoms with Gasteiger partial charge in [-0.3, -0.25) is 4.99 Å². The van der Waals surface area contributed by atoms with Gasteiger partial charge in [0.2, 0.25) is 0 Å². The maximum absolute atomic E-state index is 13.0. The first-order valence-corrected chi connectivity index (χ1v) is 21.3. The molecule has 322 valence electrons. The lowest BCUT2D eigenvalue weighted by atomic mass is 10.1. The first kappa shape index (κ1) is 45.1. The number of carbonyl (C=O) groups is 3. The minimum atomic E-state index is -0.642. The van der Waals surface area contributed by atoms with Crippen LogP contribution in [-0.2, 0) is 0 Å². The van der Waals surface area contributed by atoms with E-state index in [0.717, 1.165) is 48.4 Å². The van der Waals surface area contributed by atoms with Crippen molar-refractivity contribution in [2.75, 3.05) is 13.2 Å². The molecule has 6 aromatic carbocycles. The Balaban J connectivity index is 0.931. The van der Waals surface area contributed by atoms with Gasteiger partial charge in [0.1, 0.15) is 28.7 Å². The third-order valence-electron chi connectivity index (χ3n) is 9.63. The van der Waals surface area contributed by atoms with Gasteiger partial charge in [0.15, 0.2) is 0 Å². The molecule has 0 unspecified atom stereocenters. The van der Waals surface area contributed by atoms with Crippen molar-refractivity contribution in [3.63, 3.8) is 0 Å². The van der Waals surface area contributed by atoms with Gasteiger partial charge < -0.3 is 23.7 Å². The molecule has 0 saturated heterocycles. The molecule has 0 aliphatic rings. The lowest BCUT2D eigenvalue weighted by Gasteiger charge is -2.09. The normalized spacial score (nSPS) is 11.1. The molecule has 0 atom stereocenters. The van der Waals surface area contributed by atoms with E-state index in [0.29, 0.717) is 35.8 Å². The van der Waals surface area contributed by atoms with E-state index in [9.17, 15) is 14.4 Å². The Kier molecular flexibility index (Phi) is 17.3. The van der Waals surface area contributed by atoms with Crippen molar-refractivity contribution < 1.29 is 38.1 Å². The SMILES string of the molecule is CCCCCCOc1ccc(N=Nc2ccc(N=Cc3ccc(C(=O)Oc4cccc(OC(=O)c5ccc(OC(=O)c6ccc(OCCCCCC)cc6)cc5)c4)cc3)cc2)cc1. The van der Waals surface area contributed by atoms with Crippen LogP contribution in [0.15, 0.2) is 161 Å². The van der Waals surface area contributed by atoms with Crippen LogP contribution in [0.3, 0.4) is 0 Å². The minimum absolute atomic E-state index is 0.181. The Morgan fingerprint density at radius 2 is 0.825 bits per heavy atom. The molecular weight excluding hydrogens is 795 g/mol. The van der Waals surface area contributed by atoms with E-state index in [4.69, 9.17) is 23.7 Å². The molecule has 6 rings (SSSR count). The average Bonchev–Trinajstić information content (AvgIpc) is 3.31. The van der Waals surface area contributed by atoms with Crippen molar-refractivity contribution >= 4 is 41.2 Å². The summed E-state index contributed by atoms with van der Waals surface area (Å²) in [6.07, 6.45) is 10.8. The summed E-state index contributed by atoms with van der Waals surface area (Å²) >= 11 is 0. The van der Waals surface area contributed by atoms with Crippen molar-refractivity contribution in [1.29, 1.82) is 0 Å². The smallest absolute Gasteiger partial charge is 0.343 e. The Labute approximate surface area is 368 Å². The Morgan fingerprint density at radius 1 is 0.429 bits per heavy atom. The van der Waals surface area contributed by atoms with E-state index in [2.05, 4.69) is 29.1 Å². The van der Waals surface area contributed by atoms with Crippen molar-refractivity contribution in [3.8, 4) is 28.7 Å². The zero-order valence-corrected chi connectivity index (χ0v) is 35.6. The van der Waals surface area contributed by atoms with Gasteiger partial charge in [-0.05, 0) is 140 Å². The van der Waals surface area contributed by atoms with E-state index in [1.807, 2.05) is 48.5 Å². The second-order valence-electron chi connectivity index (χ2n) is 14.6. The van der Waals surface area contributed by atoms with Gasteiger partial charge in [-0.25, -0.2) is 14.4 Å². The standard InChI is InChI=1S/C52H51N3O8/c1-3-5-7-9-34-59-45-28-18-40(19-29-45)50(56)61-47-30-20-41(21-31-47)52(58)63-49-13-11-12-48(36-49)62-51(57)39-16-14-38(15-17-39)37-53-42-22-24-43(25-23-42)54-55-44-26-32-46(33-27-44)60-35-10-8-6-4-2/h11-33,36-37H,3-10,34-35H2,1-2H3. The molecule has 0 bridgehead atoms. The quantitative estimate of drug-likeness (QED) is 0.0217. The van der Waals surface area contributed by atoms with Crippen molar-refractivity contribution in [2.45, 2.75) is 65.2 Å². The maximum atomic E-state index is 13.0. The topological polar surface area (TPSA) is 134 Å². The highest BCUT2D eigenvalue weighted by atomic mass is 16.5. The Bertz CT molecular complexity index is 2430. The molecule has 6 aromatic rings. The largest absolute Gasteiger partial charge is 0.494 e. The third-order valence-corrected chi connectivity index (χ3v) is 9.63. The number of unbranched alkanes of at least 4 members (excludes halogenated alkanes) is 6. The number of nitrogens with zero attached hydrogens (tertiary/aromatic N) is 3. The van der Waals surface area contributed by atoms with Crippen LogP contribution >= 0.6 is 0 Å². The van der Waals surface area contributed by atoms with Gasteiger partial charge in [0, 0.05) is 12.3 Å². The summed E-state index contributed by atoms with van der Waals surface area (Å²) in [5.74, 6) is 0.407. The van der Waals surface area contributed by atoms with Crippen LogP contribution in [0.2, 0.25) is 0 Å². The molecule has 0 N–H and O–H groups in total. The van der Waals surface area contributed by atoms with E-state index in [1.165, 1.54) is 56.0 Å². The monoisotopic (exact) mass is 845 g/mol. The van der Waals surface area contributed by atoms with Crippen LogP contribution in [0.4, 0.5) is 17.1 Å². The Hall–Kier alpha value is -7.40. The van der Waals surface area contributed by atoms with Gasteiger partial charge >= 0.3 is 17.9 Å². The zero-order valence-electron chi connectivity index (χ0n) is 35.6. The second kappa shape index (κ2) is 24.1. The number of rotatable bonds is 22. The molecule has 0 fully saturated rings. The van der Waals surface area contributed by atoms with Gasteiger partial charge in [0.05, 0.1) is 47.0 Å². The number of azo groups is 1. The lowest BCUT2D eigenvalue weighted by molar-refractivity contribution is 0.0723. The number of carbonyl (C=O) groups excluding carboxylic acids is 3. The molecule has 11 nitrogen and oxygen atoms in total. The highest BCUT2D eigenvalue weighted by Crippen LogP contribution is 2.25. The molecule has 0 spiro atoms. The summed E-state index contributed by atoms with van der Waals surface area (Å²) in [7, 11) is 0. The molecule has 0 aliphatic heterocycles. The third kappa shape index (κ3) is 14.9. The van der Waals surface area contributed by atoms with E-state index < -0.39 is 17.9 Å². The highest BCUT2D eigenvalue weighted by Gasteiger charge is 2.14. The molecule has 63 heavy (non-hydrogen) atoms. The van der Waals surface area contributed by atoms with Gasteiger partial charge in [-0.2, -0.15) is 10.2 Å². The summed E-state index contributed by atoms with van der Waals surface area (Å²) in [5.41, 5.74) is 3.87. The number of ether oxygens (including phenoxy) is 5. The maximum Gasteiger partial charge on any atom is 0.343 e. The summed E-state index contributed by atoms with van der Waals surface area (Å²) in [6, 6.07) is 40.8. The molecule has 0 heterocycles. The van der Waals surface area contributed by atoms with Crippen LogP contribution in [0.5, 0.6) is 28.7 Å². The highest BCUT2D eigenvalue weighted by molar-refractivity contribution is 5.94. The van der Waals surface area contributed by atoms with Crippen molar-refractivity contribution in [1.82, 2.24) is 0 Å². The summed E-state index contributed by atoms with van der Waals surface area (Å²) < 4.78 is 28.1. The van der Waals surface area contributed by atoms with E-state index in [-0.39, 0.29) is 22.8 Å². The summed E-state index contributed by atoms with van der Waals surface area (Å²) in [5, 5.41) is 8.65. The van der Waals surface area contributed by atoms with Gasteiger partial charge in [0.25, 0.3) is 0 Å². The van der Waals surface area contributed by atoms with Crippen LogP contribution in [0.1, 0.15) is 102 Å². The molecule has 0 saturated carbocycles. The number of aliphatic imine (C=N–C) groups is 1. The summed E-state index contributed by atoms with van der Waals surface area (Å²) in [4.78, 5) is 43.1. The number of hydrogen-bond donors (Lipinski definition) is 0. The fraction of sp³-hybridized carbons (Fsp3) is 0.231. The van der Waals surface area contributed by atoms with Crippen LogP contribution in [0.25, 0.3) is 0 Å². The number of esters is 3. The molecule has 0 aliphatic carbocycles. The average molecular weight is 846 g/mol.